The van der Waals surface area contributed by atoms with Crippen LogP contribution in [0.3, 0.4) is 0 Å². The Hall–Kier alpha value is -2.76. The van der Waals surface area contributed by atoms with Gasteiger partial charge in [-0.2, -0.15) is 0 Å². The first kappa shape index (κ1) is 17.6. The Bertz CT molecular complexity index is 934. The minimum Gasteiger partial charge on any atom is -0.406 e. The fraction of sp³-hybridized carbons (Fsp3) is 0.286. The fourth-order valence-electron chi connectivity index (χ4n) is 3.43. The normalized spacial score (nSPS) is 14.8. The molecule has 1 saturated carbocycles. The van der Waals surface area contributed by atoms with E-state index in [0.29, 0.717) is 12.5 Å². The van der Waals surface area contributed by atoms with Gasteiger partial charge in [-0.25, -0.2) is 4.98 Å². The van der Waals surface area contributed by atoms with Gasteiger partial charge in [0.15, 0.2) is 0 Å². The molecular weight excluding hydrogens is 353 g/mol. The van der Waals surface area contributed by atoms with E-state index in [1.165, 1.54) is 29.5 Å². The summed E-state index contributed by atoms with van der Waals surface area (Å²) in [5, 5.41) is 5.70. The van der Waals surface area contributed by atoms with E-state index in [1.54, 1.807) is 12.1 Å². The number of halogens is 3. The van der Waals surface area contributed by atoms with Crippen LogP contribution in [0.4, 0.5) is 19.0 Å². The number of fused-ring (bicyclic) bond motifs is 1. The minimum atomic E-state index is -4.67. The van der Waals surface area contributed by atoms with Gasteiger partial charge in [0.05, 0.1) is 0 Å². The number of nitrogens with zero attached hydrogens (tertiary/aromatic N) is 1. The Kier molecular flexibility index (Phi) is 4.64. The van der Waals surface area contributed by atoms with Crippen molar-refractivity contribution in [3.05, 3.63) is 65.9 Å². The van der Waals surface area contributed by atoms with Gasteiger partial charge in [-0.15, -0.1) is 13.2 Å². The van der Waals surface area contributed by atoms with Gasteiger partial charge in [-0.3, -0.25) is 0 Å². The second kappa shape index (κ2) is 7.10. The van der Waals surface area contributed by atoms with Crippen molar-refractivity contribution in [3.8, 4) is 5.75 Å². The number of rotatable bonds is 5. The second-order valence-corrected chi connectivity index (χ2v) is 6.78. The smallest absolute Gasteiger partial charge is 0.406 e. The summed E-state index contributed by atoms with van der Waals surface area (Å²) in [6, 6.07) is 14.1. The number of nitrogens with one attached hydrogen (secondary N) is 1. The van der Waals surface area contributed by atoms with Crippen LogP contribution >= 0.6 is 0 Å². The van der Waals surface area contributed by atoms with Crippen LogP contribution in [0.1, 0.15) is 36.3 Å². The predicted octanol–water partition coefficient (Wildman–Crippen LogP) is 6.01. The molecule has 4 rings (SSSR count). The molecule has 1 heterocycles. The van der Waals surface area contributed by atoms with Crippen molar-refractivity contribution < 1.29 is 17.9 Å². The molecule has 3 nitrogen and oxygen atoms in total. The van der Waals surface area contributed by atoms with Crippen molar-refractivity contribution in [1.29, 1.82) is 0 Å². The van der Waals surface area contributed by atoms with Gasteiger partial charge >= 0.3 is 6.36 Å². The first-order chi connectivity index (χ1) is 13.0. The van der Waals surface area contributed by atoms with E-state index >= 15 is 0 Å². The Labute approximate surface area is 155 Å². The van der Waals surface area contributed by atoms with Crippen LogP contribution in [-0.2, 0) is 6.54 Å². The fourth-order valence-corrected chi connectivity index (χ4v) is 3.43. The molecule has 6 heteroatoms. The molecule has 1 aliphatic rings. The zero-order valence-corrected chi connectivity index (χ0v) is 14.6. The van der Waals surface area contributed by atoms with E-state index in [9.17, 15) is 13.2 Å². The van der Waals surface area contributed by atoms with Crippen molar-refractivity contribution in [3.63, 3.8) is 0 Å². The van der Waals surface area contributed by atoms with E-state index < -0.39 is 6.36 Å². The molecule has 140 valence electrons. The molecule has 1 fully saturated rings. The number of pyridine rings is 1. The zero-order valence-electron chi connectivity index (χ0n) is 14.6. The first-order valence-corrected chi connectivity index (χ1v) is 8.96. The lowest BCUT2D eigenvalue weighted by Crippen LogP contribution is -2.17. The number of hydrogen-bond donors (Lipinski definition) is 1. The van der Waals surface area contributed by atoms with Crippen molar-refractivity contribution >= 4 is 16.6 Å². The van der Waals surface area contributed by atoms with E-state index in [2.05, 4.69) is 27.2 Å². The maximum atomic E-state index is 12.3. The average Bonchev–Trinajstić information content (AvgIpc) is 2.59. The predicted molar refractivity (Wildman–Crippen MR) is 98.8 cm³/mol. The number of alkyl halides is 3. The largest absolute Gasteiger partial charge is 0.573 e. The highest BCUT2D eigenvalue weighted by Crippen LogP contribution is 2.42. The summed E-state index contributed by atoms with van der Waals surface area (Å²) in [7, 11) is 0. The number of ether oxygens (including phenoxy) is 1. The third-order valence-electron chi connectivity index (χ3n) is 4.97. The molecule has 1 N–H and O–H groups in total. The van der Waals surface area contributed by atoms with Crippen molar-refractivity contribution in [2.45, 2.75) is 38.1 Å². The van der Waals surface area contributed by atoms with Gasteiger partial charge in [-0.1, -0.05) is 42.8 Å². The number of anilines is 1. The van der Waals surface area contributed by atoms with Gasteiger partial charge in [0.25, 0.3) is 0 Å². The Morgan fingerprint density at radius 1 is 1.04 bits per heavy atom. The quantitative estimate of drug-likeness (QED) is 0.595. The maximum absolute atomic E-state index is 12.3. The summed E-state index contributed by atoms with van der Waals surface area (Å²) in [5.74, 6) is 1.15. The molecular formula is C21H19F3N2O. The molecule has 0 amide bonds. The van der Waals surface area contributed by atoms with Crippen LogP contribution < -0.4 is 10.1 Å². The van der Waals surface area contributed by atoms with Gasteiger partial charge in [0.2, 0.25) is 0 Å². The standard InChI is InChI=1S/C21H19F3N2O/c22-21(23,24)27-17-10-8-14(9-11-17)12-25-20-19(15-5-3-6-15)18-7-2-1-4-16(18)13-26-20/h1-2,4,7-11,13,15H,3,5-6,12H2,(H,25,26). The van der Waals surface area contributed by atoms with E-state index in [4.69, 9.17) is 0 Å². The molecule has 1 aliphatic carbocycles. The van der Waals surface area contributed by atoms with Crippen molar-refractivity contribution in [2.75, 3.05) is 5.32 Å². The lowest BCUT2D eigenvalue weighted by Gasteiger charge is -2.29. The second-order valence-electron chi connectivity index (χ2n) is 6.78. The summed E-state index contributed by atoms with van der Waals surface area (Å²) >= 11 is 0. The molecule has 3 aromatic rings. The zero-order chi connectivity index (χ0) is 18.9. The van der Waals surface area contributed by atoms with Crippen LogP contribution in [0, 0.1) is 0 Å². The Balaban J connectivity index is 1.53. The first-order valence-electron chi connectivity index (χ1n) is 8.96. The lowest BCUT2D eigenvalue weighted by molar-refractivity contribution is -0.274. The highest BCUT2D eigenvalue weighted by atomic mass is 19.4. The van der Waals surface area contributed by atoms with Crippen molar-refractivity contribution in [1.82, 2.24) is 4.98 Å². The van der Waals surface area contributed by atoms with Crippen LogP contribution in [0.2, 0.25) is 0 Å². The van der Waals surface area contributed by atoms with E-state index in [1.807, 2.05) is 18.3 Å². The van der Waals surface area contributed by atoms with Crippen molar-refractivity contribution in [2.24, 2.45) is 0 Å². The SMILES string of the molecule is FC(F)(F)Oc1ccc(CNc2ncc3ccccc3c2C2CCC2)cc1. The highest BCUT2D eigenvalue weighted by molar-refractivity contribution is 5.89. The van der Waals surface area contributed by atoms with Crippen LogP contribution in [-0.4, -0.2) is 11.3 Å². The maximum Gasteiger partial charge on any atom is 0.573 e. The summed E-state index contributed by atoms with van der Waals surface area (Å²) in [6.07, 6.45) is 0.738. The average molecular weight is 372 g/mol. The summed E-state index contributed by atoms with van der Waals surface area (Å²) < 4.78 is 40.7. The molecule has 0 radical (unpaired) electrons. The van der Waals surface area contributed by atoms with Gasteiger partial charge in [0.1, 0.15) is 11.6 Å². The van der Waals surface area contributed by atoms with E-state index in [-0.39, 0.29) is 5.75 Å². The minimum absolute atomic E-state index is 0.217. The molecule has 0 bridgehead atoms. The number of aromatic nitrogens is 1. The lowest BCUT2D eigenvalue weighted by atomic mass is 9.78. The molecule has 0 saturated heterocycles. The Morgan fingerprint density at radius 3 is 2.44 bits per heavy atom. The van der Waals surface area contributed by atoms with Gasteiger partial charge < -0.3 is 10.1 Å². The van der Waals surface area contributed by atoms with Crippen LogP contribution in [0.15, 0.2) is 54.7 Å². The number of benzene rings is 2. The highest BCUT2D eigenvalue weighted by Gasteiger charge is 2.31. The molecule has 0 aliphatic heterocycles. The summed E-state index contributed by atoms with van der Waals surface area (Å²) in [4.78, 5) is 4.61. The molecule has 27 heavy (non-hydrogen) atoms. The Morgan fingerprint density at radius 2 is 1.78 bits per heavy atom. The van der Waals surface area contributed by atoms with Gasteiger partial charge in [-0.05, 0) is 41.8 Å². The molecule has 2 aromatic carbocycles. The van der Waals surface area contributed by atoms with Crippen LogP contribution in [0.25, 0.3) is 10.8 Å². The molecule has 0 unspecified atom stereocenters. The van der Waals surface area contributed by atoms with Gasteiger partial charge in [0, 0.05) is 23.7 Å². The molecule has 1 aromatic heterocycles. The summed E-state index contributed by atoms with van der Waals surface area (Å²) in [6.45, 7) is 0.483. The summed E-state index contributed by atoms with van der Waals surface area (Å²) in [5.41, 5.74) is 2.11. The topological polar surface area (TPSA) is 34.1 Å². The third kappa shape index (κ3) is 3.99. The number of hydrogen-bond acceptors (Lipinski definition) is 3. The molecule has 0 atom stereocenters. The van der Waals surface area contributed by atoms with Crippen LogP contribution in [0.5, 0.6) is 5.75 Å². The van der Waals surface area contributed by atoms with E-state index in [0.717, 1.165) is 29.6 Å². The third-order valence-corrected chi connectivity index (χ3v) is 4.97. The molecule has 0 spiro atoms. The monoisotopic (exact) mass is 372 g/mol.